The summed E-state index contributed by atoms with van der Waals surface area (Å²) < 4.78 is 0. The van der Waals surface area contributed by atoms with Crippen molar-refractivity contribution in [1.82, 2.24) is 10.2 Å². The third-order valence-corrected chi connectivity index (χ3v) is 5.49. The van der Waals surface area contributed by atoms with E-state index < -0.39 is 0 Å². The highest BCUT2D eigenvalue weighted by atomic mass is 16.3. The van der Waals surface area contributed by atoms with E-state index in [-0.39, 0.29) is 30.4 Å². The summed E-state index contributed by atoms with van der Waals surface area (Å²) in [6, 6.07) is 4.77. The van der Waals surface area contributed by atoms with Crippen molar-refractivity contribution in [1.29, 1.82) is 0 Å². The number of carbonyl (C=O) groups excluding carboxylic acids is 3. The number of fused-ring (bicyclic) bond motifs is 1. The predicted octanol–water partition coefficient (Wildman–Crippen LogP) is 2.90. The molecular formula is C21H28N2O4. The molecule has 0 unspecified atom stereocenters. The Balaban J connectivity index is 1.62. The van der Waals surface area contributed by atoms with Crippen LogP contribution in [0.15, 0.2) is 18.2 Å². The van der Waals surface area contributed by atoms with E-state index in [1.165, 1.54) is 4.90 Å². The molecule has 0 saturated heterocycles. The summed E-state index contributed by atoms with van der Waals surface area (Å²) in [5.41, 5.74) is 1.17. The Labute approximate surface area is 159 Å². The van der Waals surface area contributed by atoms with Gasteiger partial charge in [0.2, 0.25) is 0 Å². The summed E-state index contributed by atoms with van der Waals surface area (Å²) in [7, 11) is 0. The number of benzene rings is 1. The average molecular weight is 372 g/mol. The number of hydrogen-bond donors (Lipinski definition) is 2. The SMILES string of the molecule is O=C(NCCCCCCO)c1ccc2c(c1)C(=O)N(C1CCCCC1)C2=O. The van der Waals surface area contributed by atoms with Crippen LogP contribution in [-0.2, 0) is 0 Å². The van der Waals surface area contributed by atoms with Crippen LogP contribution >= 0.6 is 0 Å². The van der Waals surface area contributed by atoms with Crippen LogP contribution in [0.4, 0.5) is 0 Å². The van der Waals surface area contributed by atoms with Gasteiger partial charge in [-0.15, -0.1) is 0 Å². The maximum absolute atomic E-state index is 12.8. The molecule has 146 valence electrons. The maximum Gasteiger partial charge on any atom is 0.261 e. The molecule has 1 saturated carbocycles. The number of hydrogen-bond acceptors (Lipinski definition) is 4. The zero-order valence-corrected chi connectivity index (χ0v) is 15.7. The normalized spacial score (nSPS) is 17.3. The van der Waals surface area contributed by atoms with Crippen LogP contribution in [0.1, 0.15) is 88.9 Å². The van der Waals surface area contributed by atoms with Crippen molar-refractivity contribution in [3.63, 3.8) is 0 Å². The lowest BCUT2D eigenvalue weighted by Crippen LogP contribution is -2.40. The van der Waals surface area contributed by atoms with E-state index in [0.717, 1.165) is 57.8 Å². The van der Waals surface area contributed by atoms with E-state index in [1.54, 1.807) is 18.2 Å². The van der Waals surface area contributed by atoms with Gasteiger partial charge in [0.25, 0.3) is 17.7 Å². The lowest BCUT2D eigenvalue weighted by atomic mass is 9.94. The average Bonchev–Trinajstić information content (AvgIpc) is 2.95. The molecule has 0 bridgehead atoms. The van der Waals surface area contributed by atoms with E-state index in [2.05, 4.69) is 5.32 Å². The number of unbranched alkanes of at least 4 members (excludes halogenated alkanes) is 3. The minimum atomic E-state index is -0.263. The van der Waals surface area contributed by atoms with E-state index in [1.807, 2.05) is 0 Å². The topological polar surface area (TPSA) is 86.7 Å². The first-order chi connectivity index (χ1) is 13.1. The molecule has 0 spiro atoms. The van der Waals surface area contributed by atoms with Gasteiger partial charge in [-0.25, -0.2) is 0 Å². The van der Waals surface area contributed by atoms with Gasteiger partial charge in [0.05, 0.1) is 11.1 Å². The van der Waals surface area contributed by atoms with Gasteiger partial charge in [-0.1, -0.05) is 32.1 Å². The lowest BCUT2D eigenvalue weighted by molar-refractivity contribution is 0.0548. The van der Waals surface area contributed by atoms with Crippen LogP contribution in [-0.4, -0.2) is 46.9 Å². The van der Waals surface area contributed by atoms with Crippen LogP contribution in [0.25, 0.3) is 0 Å². The van der Waals surface area contributed by atoms with Crippen LogP contribution in [0, 0.1) is 0 Å². The molecule has 0 aromatic heterocycles. The molecule has 1 aromatic carbocycles. The number of aliphatic hydroxyl groups is 1. The molecule has 6 heteroatoms. The molecule has 0 radical (unpaired) electrons. The molecule has 27 heavy (non-hydrogen) atoms. The Kier molecular flexibility index (Phi) is 6.61. The van der Waals surface area contributed by atoms with E-state index in [9.17, 15) is 14.4 Å². The molecule has 1 aromatic rings. The first kappa shape index (κ1) is 19.5. The van der Waals surface area contributed by atoms with Crippen LogP contribution in [0.3, 0.4) is 0 Å². The highest BCUT2D eigenvalue weighted by molar-refractivity contribution is 6.22. The van der Waals surface area contributed by atoms with Crippen molar-refractivity contribution < 1.29 is 19.5 Å². The molecule has 1 heterocycles. The molecule has 0 atom stereocenters. The summed E-state index contributed by atoms with van der Waals surface area (Å²) in [5, 5.41) is 11.6. The fourth-order valence-corrected chi connectivity index (χ4v) is 3.97. The standard InChI is InChI=1S/C21H28N2O4/c24-13-7-2-1-6-12-22-19(25)15-10-11-17-18(14-15)21(27)23(20(17)26)16-8-4-3-5-9-16/h10-11,14,16,24H,1-9,12-13H2,(H,22,25). The third-order valence-electron chi connectivity index (χ3n) is 5.49. The van der Waals surface area contributed by atoms with Gasteiger partial charge in [-0.2, -0.15) is 0 Å². The summed E-state index contributed by atoms with van der Waals surface area (Å²) in [4.78, 5) is 39.2. The highest BCUT2D eigenvalue weighted by Crippen LogP contribution is 2.31. The van der Waals surface area contributed by atoms with Crippen molar-refractivity contribution in [3.8, 4) is 0 Å². The number of imide groups is 1. The lowest BCUT2D eigenvalue weighted by Gasteiger charge is -2.29. The number of carbonyl (C=O) groups is 3. The van der Waals surface area contributed by atoms with E-state index in [0.29, 0.717) is 23.2 Å². The van der Waals surface area contributed by atoms with Crippen LogP contribution in [0.2, 0.25) is 0 Å². The van der Waals surface area contributed by atoms with Gasteiger partial charge in [0.1, 0.15) is 0 Å². The molecule has 3 amide bonds. The predicted molar refractivity (Wildman–Crippen MR) is 102 cm³/mol. The highest BCUT2D eigenvalue weighted by Gasteiger charge is 2.40. The van der Waals surface area contributed by atoms with Crippen molar-refractivity contribution in [3.05, 3.63) is 34.9 Å². The minimum absolute atomic E-state index is 0.0117. The Morgan fingerprint density at radius 3 is 2.44 bits per heavy atom. The van der Waals surface area contributed by atoms with Gasteiger partial charge in [0.15, 0.2) is 0 Å². The number of amides is 3. The molecule has 6 nitrogen and oxygen atoms in total. The molecular weight excluding hydrogens is 344 g/mol. The summed E-state index contributed by atoms with van der Waals surface area (Å²) >= 11 is 0. The van der Waals surface area contributed by atoms with Gasteiger partial charge in [0, 0.05) is 24.8 Å². The molecule has 1 fully saturated rings. The number of rotatable bonds is 8. The quantitative estimate of drug-likeness (QED) is 0.543. The van der Waals surface area contributed by atoms with Gasteiger partial charge < -0.3 is 10.4 Å². The summed E-state index contributed by atoms with van der Waals surface area (Å²) in [5.74, 6) is -0.713. The molecule has 2 aliphatic rings. The van der Waals surface area contributed by atoms with E-state index in [4.69, 9.17) is 5.11 Å². The van der Waals surface area contributed by atoms with E-state index >= 15 is 0 Å². The maximum atomic E-state index is 12.8. The Bertz CT molecular complexity index is 710. The van der Waals surface area contributed by atoms with Gasteiger partial charge >= 0.3 is 0 Å². The second kappa shape index (κ2) is 9.13. The molecule has 3 rings (SSSR count). The number of nitrogens with one attached hydrogen (secondary N) is 1. The van der Waals surface area contributed by atoms with Crippen molar-refractivity contribution in [2.75, 3.05) is 13.2 Å². The van der Waals surface area contributed by atoms with Gasteiger partial charge in [-0.3, -0.25) is 19.3 Å². The Morgan fingerprint density at radius 1 is 1.00 bits per heavy atom. The first-order valence-corrected chi connectivity index (χ1v) is 10.0. The fraction of sp³-hybridized carbons (Fsp3) is 0.571. The zero-order chi connectivity index (χ0) is 19.2. The van der Waals surface area contributed by atoms with Crippen molar-refractivity contribution in [2.24, 2.45) is 0 Å². The number of nitrogens with zero attached hydrogens (tertiary/aromatic N) is 1. The zero-order valence-electron chi connectivity index (χ0n) is 15.7. The minimum Gasteiger partial charge on any atom is -0.396 e. The van der Waals surface area contributed by atoms with Crippen LogP contribution < -0.4 is 5.32 Å². The molecule has 1 aliphatic heterocycles. The fourth-order valence-electron chi connectivity index (χ4n) is 3.97. The third kappa shape index (κ3) is 4.38. The smallest absolute Gasteiger partial charge is 0.261 e. The van der Waals surface area contributed by atoms with Crippen LogP contribution in [0.5, 0.6) is 0 Å². The van der Waals surface area contributed by atoms with Crippen molar-refractivity contribution in [2.45, 2.75) is 63.8 Å². The number of aliphatic hydroxyl groups excluding tert-OH is 1. The van der Waals surface area contributed by atoms with Crippen molar-refractivity contribution >= 4 is 17.7 Å². The summed E-state index contributed by atoms with van der Waals surface area (Å²) in [6.07, 6.45) is 8.52. The summed E-state index contributed by atoms with van der Waals surface area (Å²) in [6.45, 7) is 0.758. The Hall–Kier alpha value is -2.21. The Morgan fingerprint density at radius 2 is 1.70 bits per heavy atom. The molecule has 2 N–H and O–H groups in total. The second-order valence-electron chi connectivity index (χ2n) is 7.43. The monoisotopic (exact) mass is 372 g/mol. The second-order valence-corrected chi connectivity index (χ2v) is 7.43. The van der Waals surface area contributed by atoms with Gasteiger partial charge in [-0.05, 0) is 43.9 Å². The molecule has 1 aliphatic carbocycles. The first-order valence-electron chi connectivity index (χ1n) is 10.0. The largest absolute Gasteiger partial charge is 0.396 e.